The van der Waals surface area contributed by atoms with Crippen LogP contribution in [0.5, 0.6) is 0 Å². The number of carbonyl (C=O) groups excluding carboxylic acids is 6. The largest absolute Gasteiger partial charge is 0.479 e. The number of nitrogen functional groups attached to an aromatic ring is 1. The number of aliphatic hydroxyl groups excluding tert-OH is 1. The summed E-state index contributed by atoms with van der Waals surface area (Å²) in [6.45, 7) is 2.66. The summed E-state index contributed by atoms with van der Waals surface area (Å²) in [5.41, 5.74) is 14.5. The Morgan fingerprint density at radius 1 is 0.383 bits per heavy atom. The molecule has 128 heavy (non-hydrogen) atoms. The number of carbonyl (C=O) groups is 7. The minimum Gasteiger partial charge on any atom is -0.479 e. The van der Waals surface area contributed by atoms with Crippen molar-refractivity contribution in [2.45, 2.75) is 82.2 Å². The number of benzene rings is 11. The number of aliphatic imine (C=N–C) groups is 1. The Hall–Kier alpha value is -14.6. The van der Waals surface area contributed by atoms with Gasteiger partial charge in [-0.2, -0.15) is 4.99 Å². The van der Waals surface area contributed by atoms with Gasteiger partial charge >= 0.3 is 30.2 Å². The molecule has 11 aromatic rings. The van der Waals surface area contributed by atoms with E-state index in [0.29, 0.717) is 82.3 Å². The Morgan fingerprint density at radius 3 is 1.02 bits per heavy atom. The van der Waals surface area contributed by atoms with Crippen molar-refractivity contribution in [3.8, 4) is 0 Å². The molecule has 3 fully saturated rings. The number of nitrogens with zero attached hydrogens (tertiary/aromatic N) is 6. The number of piperidine rings is 3. The highest BCUT2D eigenvalue weighted by Crippen LogP contribution is 2.31. The minimum absolute atomic E-state index is 0.385. The topological polar surface area (TPSA) is 400 Å². The smallest absolute Gasteiger partial charge is 0.412 e. The van der Waals surface area contributed by atoms with Crippen LogP contribution >= 0.6 is 46.4 Å². The number of amides is 5. The fraction of sp³-hybridized carbons (Fsp3) is 0.189. The maximum absolute atomic E-state index is 13.2. The Labute approximate surface area is 759 Å². The Morgan fingerprint density at radius 2 is 0.680 bits per heavy atom. The molecule has 0 aliphatic carbocycles. The molecule has 0 unspecified atom stereocenters. The van der Waals surface area contributed by atoms with Gasteiger partial charge in [0.1, 0.15) is 31.7 Å². The van der Waals surface area contributed by atoms with Gasteiger partial charge in [-0.25, -0.2) is 28.8 Å². The van der Waals surface area contributed by atoms with Gasteiger partial charge in [-0.3, -0.25) is 30.9 Å². The number of nitrogens with one attached hydrogen (secondary N) is 6. The molecule has 4 atom stereocenters. The Kier molecular flexibility index (Phi) is 39.2. The van der Waals surface area contributed by atoms with Gasteiger partial charge in [0.25, 0.3) is 11.8 Å². The van der Waals surface area contributed by atoms with Crippen LogP contribution in [-0.4, -0.2) is 115 Å². The first-order valence-electron chi connectivity index (χ1n) is 40.1. The molecule has 14 rings (SSSR count). The van der Waals surface area contributed by atoms with E-state index < -0.39 is 66.4 Å². The molecule has 3 saturated heterocycles. The lowest BCUT2D eigenvalue weighted by Gasteiger charge is -2.29. The normalized spacial score (nSPS) is 14.0. The third-order valence-electron chi connectivity index (χ3n) is 18.9. The minimum atomic E-state index is -1.41. The third-order valence-corrected chi connectivity index (χ3v) is 19.9. The molecule has 0 aromatic heterocycles. The van der Waals surface area contributed by atoms with Gasteiger partial charge in [0.05, 0.1) is 5.69 Å². The van der Waals surface area contributed by atoms with E-state index in [4.69, 9.17) is 96.8 Å². The van der Waals surface area contributed by atoms with E-state index in [1.165, 1.54) is 18.9 Å². The van der Waals surface area contributed by atoms with Crippen LogP contribution in [-0.2, 0) is 47.9 Å². The molecule has 662 valence electrons. The van der Waals surface area contributed by atoms with Crippen LogP contribution in [0.4, 0.5) is 71.3 Å². The number of halogens is 4. The van der Waals surface area contributed by atoms with Gasteiger partial charge in [0, 0.05) is 127 Å². The molecular formula is C95H93Cl4N13O16. The molecule has 3 heterocycles. The zero-order chi connectivity index (χ0) is 91.5. The molecule has 0 radical (unpaired) electrons. The zero-order valence-electron chi connectivity index (χ0n) is 69.4. The lowest BCUT2D eigenvalue weighted by Crippen LogP contribution is -2.35. The number of nitrogens with two attached hydrogens (primary N) is 1. The molecule has 11 N–H and O–H groups in total. The molecule has 0 saturated carbocycles. The molecular weight excluding hydrogens is 1720 g/mol. The van der Waals surface area contributed by atoms with E-state index in [-0.39, 0.29) is 0 Å². The van der Waals surface area contributed by atoms with Gasteiger partial charge in [-0.1, -0.05) is 178 Å². The average Bonchev–Trinajstić information content (AvgIpc) is 0.849. The second-order valence-corrected chi connectivity index (χ2v) is 29.7. The lowest BCUT2D eigenvalue weighted by molar-refractivity contribution is -0.147. The van der Waals surface area contributed by atoms with Crippen molar-refractivity contribution in [2.24, 2.45) is 15.3 Å². The number of oxime groups is 2. The van der Waals surface area contributed by atoms with Crippen LogP contribution in [0.25, 0.3) is 0 Å². The van der Waals surface area contributed by atoms with Crippen molar-refractivity contribution in [3.05, 3.63) is 334 Å². The summed E-state index contributed by atoms with van der Waals surface area (Å²) in [4.78, 5) is 114. The Balaban J connectivity index is 0.000000184. The molecule has 11 aromatic carbocycles. The fourth-order valence-corrected chi connectivity index (χ4v) is 13.1. The maximum Gasteiger partial charge on any atom is 0.412 e. The fourth-order valence-electron chi connectivity index (χ4n) is 12.6. The van der Waals surface area contributed by atoms with E-state index in [9.17, 15) is 38.4 Å². The Bertz CT molecular complexity index is 5510. The van der Waals surface area contributed by atoms with Gasteiger partial charge < -0.3 is 70.3 Å². The predicted octanol–water partition coefficient (Wildman–Crippen LogP) is 21.5. The number of aliphatic carboxylic acids is 2. The summed E-state index contributed by atoms with van der Waals surface area (Å²) in [7, 11) is 3.13. The lowest BCUT2D eigenvalue weighted by atomic mass is 10.1. The van der Waals surface area contributed by atoms with Crippen molar-refractivity contribution in [2.75, 3.05) is 80.9 Å². The van der Waals surface area contributed by atoms with Crippen LogP contribution in [0.1, 0.15) is 104 Å². The summed E-state index contributed by atoms with van der Waals surface area (Å²) >= 11 is 23.1. The van der Waals surface area contributed by atoms with Crippen molar-refractivity contribution in [1.29, 1.82) is 5.41 Å². The van der Waals surface area contributed by atoms with Gasteiger partial charge in [0.15, 0.2) is 6.10 Å². The van der Waals surface area contributed by atoms with Crippen LogP contribution in [0.2, 0.25) is 20.1 Å². The number of carboxylic acid groups (broad SMARTS) is 2. The van der Waals surface area contributed by atoms with Crippen molar-refractivity contribution in [1.82, 2.24) is 0 Å². The van der Waals surface area contributed by atoms with E-state index in [0.717, 1.165) is 99.0 Å². The number of hydrogen-bond acceptors (Lipinski definition) is 19. The molecule has 3 aliphatic rings. The van der Waals surface area contributed by atoms with Crippen LogP contribution < -0.4 is 47.0 Å². The van der Waals surface area contributed by atoms with Gasteiger partial charge in [-0.15, -0.1) is 0 Å². The number of rotatable bonds is 22. The van der Waals surface area contributed by atoms with E-state index in [1.807, 2.05) is 77.7 Å². The number of amidine groups is 3. The number of carboxylic acids is 2. The third kappa shape index (κ3) is 32.2. The van der Waals surface area contributed by atoms with E-state index in [1.54, 1.807) is 233 Å². The molecule has 33 heteroatoms. The number of aliphatic hydroxyl groups is 1. The molecule has 0 bridgehead atoms. The monoisotopic (exact) mass is 1810 g/mol. The average molecular weight is 1810 g/mol. The van der Waals surface area contributed by atoms with Crippen LogP contribution in [0.3, 0.4) is 0 Å². The van der Waals surface area contributed by atoms with Crippen LogP contribution in [0.15, 0.2) is 306 Å². The second kappa shape index (κ2) is 51.6. The second-order valence-electron chi connectivity index (χ2n) is 28.0. The molecule has 3 aliphatic heterocycles. The van der Waals surface area contributed by atoms with Crippen molar-refractivity contribution >= 4 is 169 Å². The van der Waals surface area contributed by atoms with Crippen LogP contribution in [0, 0.1) is 5.41 Å². The number of hydrogen-bond donors (Lipinski definition) is 10. The summed E-state index contributed by atoms with van der Waals surface area (Å²) < 4.78 is 16.0. The van der Waals surface area contributed by atoms with Gasteiger partial charge in [-0.05, 0) is 214 Å². The first-order valence-corrected chi connectivity index (χ1v) is 41.6. The maximum atomic E-state index is 13.2. The summed E-state index contributed by atoms with van der Waals surface area (Å²) in [5, 5.41) is 58.5. The summed E-state index contributed by atoms with van der Waals surface area (Å²) in [5.74, 6) is -0.935. The standard InChI is InChI=1S/C27H27ClN4O4.C26H25ClN4O3.C15H12ClNO4.C12H17N3O.C8H8O3.C7H4ClNO/c1-35-31-24-9-5-6-18-32(24)23-16-14-21(15-17-23)29-26(33)25(19-7-3-2-4-8-19)36-27(34)30-22-12-10-20(28)11-13-22;27-19-9-11-21(12-10-19)30-26(33)34-24(18-6-2-1-3-7-18)25(32)29-20-13-15-22(16-14-20)31-17-5-4-8-23(31)28;16-11-6-8-12(9-7-11)17-15(20)21-13(14(18)19)10-4-2-1-3-5-10;1-16-14-12-4-2-3-9-15(12)11-7-5-10(13)6-8-11;9-7(8(10)11)6-4-2-1-3-5-6;8-6-1-3-7(4-2-6)9-5-10/h2-4,7-8,10-17,25H,5-6,9,18H2,1H3,(H,29,33)(H,30,34);1-3,6-7,9-16,24,28H,4-5,8,17H2,(H,29,32)(H,30,33);1-9,13H,(H,17,20)(H,18,19);5-8H,2-4,9,13H2,1H3;1-5,7,9H,(H,10,11);1-4H/b31-24+;;;14-12+;;/t25-;24-;13-;;7-;/m111.1./s1. The highest BCUT2D eigenvalue weighted by Gasteiger charge is 2.30. The molecule has 0 spiro atoms. The van der Waals surface area contributed by atoms with Gasteiger partial charge in [0.2, 0.25) is 24.4 Å². The first-order chi connectivity index (χ1) is 61.9. The van der Waals surface area contributed by atoms with Crippen molar-refractivity contribution in [3.63, 3.8) is 0 Å². The SMILES string of the molecule is CO/N=C1\CCCCN1c1ccc(N)cc1.CO/N=C1\CCCCN1c1ccc(NC(=O)[C@H](OC(=O)Nc2ccc(Cl)cc2)c2ccccc2)cc1.N=C1CCCCN1c1ccc(NC(=O)[C@H](OC(=O)Nc2ccc(Cl)cc2)c2ccccc2)cc1.O=C(Nc1ccc(Cl)cc1)O[C@@H](C(=O)O)c1ccccc1.O=C(O)[C@H](O)c1ccccc1.O=C=Nc1ccc(Cl)cc1. The first kappa shape index (κ1) is 97.2. The summed E-state index contributed by atoms with van der Waals surface area (Å²) in [6.07, 6.45) is 3.17. The predicted molar refractivity (Wildman–Crippen MR) is 499 cm³/mol. The number of anilines is 9. The highest BCUT2D eigenvalue weighted by atomic mass is 35.5. The van der Waals surface area contributed by atoms with E-state index >= 15 is 0 Å². The quantitative estimate of drug-likeness (QED) is 0.00990. The molecule has 29 nitrogen and oxygen atoms in total. The molecule has 5 amide bonds. The van der Waals surface area contributed by atoms with Crippen molar-refractivity contribution < 1.29 is 77.6 Å². The van der Waals surface area contributed by atoms with E-state index in [2.05, 4.69) is 51.7 Å². The summed E-state index contributed by atoms with van der Waals surface area (Å²) in [6, 6.07) is 83.0. The zero-order valence-corrected chi connectivity index (χ0v) is 72.5. The highest BCUT2D eigenvalue weighted by molar-refractivity contribution is 6.31. The number of isocyanates is 1. The number of ether oxygens (including phenoxy) is 3.